The van der Waals surface area contributed by atoms with Gasteiger partial charge in [-0.15, -0.1) is 0 Å². The van der Waals surface area contributed by atoms with Crippen LogP contribution < -0.4 is 0 Å². The number of hydrogen-bond acceptors (Lipinski definition) is 5. The van der Waals surface area contributed by atoms with Crippen LogP contribution in [-0.2, 0) is 11.2 Å². The van der Waals surface area contributed by atoms with Crippen LogP contribution in [0.1, 0.15) is 45.9 Å². The fourth-order valence-corrected chi connectivity index (χ4v) is 2.99. The van der Waals surface area contributed by atoms with Crippen molar-refractivity contribution in [2.24, 2.45) is 5.92 Å². The number of piperidine rings is 1. The molecule has 3 rings (SSSR count). The number of carbonyl (C=O) groups excluding carboxylic acids is 1. The van der Waals surface area contributed by atoms with E-state index < -0.39 is 5.60 Å². The third-order valence-electron chi connectivity index (χ3n) is 4.27. The predicted octanol–water partition coefficient (Wildman–Crippen LogP) is 3.80. The molecule has 1 aliphatic rings. The molecule has 2 aromatic rings. The Morgan fingerprint density at radius 2 is 2.12 bits per heavy atom. The topological polar surface area (TPSA) is 68.5 Å². The Bertz CT molecular complexity index is 664. The molecule has 24 heavy (non-hydrogen) atoms. The van der Waals surface area contributed by atoms with Gasteiger partial charge in [-0.05, 0) is 46.0 Å². The molecule has 0 atom stereocenters. The normalized spacial score (nSPS) is 16.5. The molecule has 2 aromatic heterocycles. The van der Waals surface area contributed by atoms with E-state index in [0.29, 0.717) is 5.92 Å². The molecule has 130 valence electrons. The zero-order chi connectivity index (χ0) is 17.2. The predicted molar refractivity (Wildman–Crippen MR) is 90.7 cm³/mol. The number of pyridine rings is 1. The van der Waals surface area contributed by atoms with Crippen molar-refractivity contribution in [3.05, 3.63) is 24.4 Å². The van der Waals surface area contributed by atoms with Gasteiger partial charge in [-0.1, -0.05) is 0 Å². The fourth-order valence-electron chi connectivity index (χ4n) is 2.99. The second-order valence-corrected chi connectivity index (χ2v) is 7.40. The Morgan fingerprint density at radius 1 is 1.38 bits per heavy atom. The first kappa shape index (κ1) is 16.7. The number of aromatic nitrogens is 2. The van der Waals surface area contributed by atoms with Gasteiger partial charge in [0.2, 0.25) is 0 Å². The molecule has 0 aromatic carbocycles. The van der Waals surface area contributed by atoms with Gasteiger partial charge in [-0.2, -0.15) is 0 Å². The molecular formula is C18H25N3O3. The molecule has 1 saturated heterocycles. The zero-order valence-electron chi connectivity index (χ0n) is 14.6. The molecule has 1 aliphatic heterocycles. The number of fused-ring (bicyclic) bond motifs is 1. The van der Waals surface area contributed by atoms with Crippen molar-refractivity contribution in [2.75, 3.05) is 13.1 Å². The molecule has 3 heterocycles. The summed E-state index contributed by atoms with van der Waals surface area (Å²) in [5, 5.41) is 0. The molecule has 0 saturated carbocycles. The van der Waals surface area contributed by atoms with E-state index in [0.717, 1.165) is 55.8 Å². The van der Waals surface area contributed by atoms with Gasteiger partial charge in [0.15, 0.2) is 11.5 Å². The first-order chi connectivity index (χ1) is 11.4. The summed E-state index contributed by atoms with van der Waals surface area (Å²) < 4.78 is 11.2. The van der Waals surface area contributed by atoms with Crippen LogP contribution in [-0.4, -0.2) is 39.7 Å². The van der Waals surface area contributed by atoms with Gasteiger partial charge in [0.25, 0.3) is 0 Å². The van der Waals surface area contributed by atoms with Gasteiger partial charge >= 0.3 is 6.09 Å². The van der Waals surface area contributed by atoms with Crippen LogP contribution in [0.15, 0.2) is 22.9 Å². The summed E-state index contributed by atoms with van der Waals surface area (Å²) in [5.74, 6) is 1.37. The summed E-state index contributed by atoms with van der Waals surface area (Å²) in [6, 6.07) is 1.84. The molecule has 1 amide bonds. The molecule has 6 nitrogen and oxygen atoms in total. The maximum absolute atomic E-state index is 12.1. The Kier molecular flexibility index (Phi) is 4.73. The van der Waals surface area contributed by atoms with E-state index >= 15 is 0 Å². The van der Waals surface area contributed by atoms with Crippen molar-refractivity contribution >= 4 is 17.2 Å². The third-order valence-corrected chi connectivity index (χ3v) is 4.27. The third kappa shape index (κ3) is 4.24. The average molecular weight is 331 g/mol. The average Bonchev–Trinajstić information content (AvgIpc) is 2.94. The molecule has 0 aliphatic carbocycles. The number of ether oxygens (including phenoxy) is 1. The van der Waals surface area contributed by atoms with E-state index in [2.05, 4.69) is 9.97 Å². The van der Waals surface area contributed by atoms with E-state index in [1.54, 1.807) is 12.4 Å². The number of hydrogen-bond donors (Lipinski definition) is 0. The maximum Gasteiger partial charge on any atom is 0.410 e. The Morgan fingerprint density at radius 3 is 2.79 bits per heavy atom. The molecule has 6 heteroatoms. The van der Waals surface area contributed by atoms with Crippen LogP contribution in [0.5, 0.6) is 0 Å². The first-order valence-corrected chi connectivity index (χ1v) is 8.58. The lowest BCUT2D eigenvalue weighted by Gasteiger charge is -2.33. The van der Waals surface area contributed by atoms with Gasteiger partial charge < -0.3 is 14.1 Å². The summed E-state index contributed by atoms with van der Waals surface area (Å²) in [6.45, 7) is 7.21. The smallest absolute Gasteiger partial charge is 0.410 e. The van der Waals surface area contributed by atoms with Crippen molar-refractivity contribution in [1.29, 1.82) is 0 Å². The van der Waals surface area contributed by atoms with Gasteiger partial charge in [0.1, 0.15) is 11.1 Å². The fraction of sp³-hybridized carbons (Fsp3) is 0.611. The summed E-state index contributed by atoms with van der Waals surface area (Å²) in [4.78, 5) is 22.4. The van der Waals surface area contributed by atoms with Crippen LogP contribution >= 0.6 is 0 Å². The summed E-state index contributed by atoms with van der Waals surface area (Å²) in [6.07, 6.45) is 7.09. The lowest BCUT2D eigenvalue weighted by molar-refractivity contribution is 0.0180. The van der Waals surface area contributed by atoms with Crippen molar-refractivity contribution in [3.8, 4) is 0 Å². The quantitative estimate of drug-likeness (QED) is 0.855. The number of rotatable bonds is 3. The highest BCUT2D eigenvalue weighted by Gasteiger charge is 2.26. The highest BCUT2D eigenvalue weighted by atomic mass is 16.6. The van der Waals surface area contributed by atoms with Crippen LogP contribution in [0.3, 0.4) is 0 Å². The maximum atomic E-state index is 12.1. The monoisotopic (exact) mass is 331 g/mol. The van der Waals surface area contributed by atoms with Crippen LogP contribution in [0.2, 0.25) is 0 Å². The van der Waals surface area contributed by atoms with Crippen LogP contribution in [0.4, 0.5) is 4.79 Å². The van der Waals surface area contributed by atoms with Crippen molar-refractivity contribution in [3.63, 3.8) is 0 Å². The van der Waals surface area contributed by atoms with Crippen LogP contribution in [0.25, 0.3) is 11.1 Å². The highest BCUT2D eigenvalue weighted by Crippen LogP contribution is 2.24. The van der Waals surface area contributed by atoms with Gasteiger partial charge in [-0.3, -0.25) is 4.98 Å². The molecule has 0 bridgehead atoms. The Balaban J connectivity index is 1.46. The lowest BCUT2D eigenvalue weighted by atomic mass is 9.92. The summed E-state index contributed by atoms with van der Waals surface area (Å²) in [7, 11) is 0. The van der Waals surface area contributed by atoms with Crippen molar-refractivity contribution in [1.82, 2.24) is 14.9 Å². The molecule has 1 fully saturated rings. The Hall–Kier alpha value is -2.11. The Labute approximate surface area is 142 Å². The molecule has 0 unspecified atom stereocenters. The number of likely N-dealkylation sites (tertiary alicyclic amines) is 1. The van der Waals surface area contributed by atoms with Gasteiger partial charge in [0.05, 0.1) is 6.20 Å². The van der Waals surface area contributed by atoms with Crippen molar-refractivity contribution in [2.45, 2.75) is 52.1 Å². The number of carbonyl (C=O) groups is 1. The summed E-state index contributed by atoms with van der Waals surface area (Å²) in [5.41, 5.74) is 1.17. The molecule has 0 radical (unpaired) electrons. The SMILES string of the molecule is CC(C)(C)OC(=O)N1CCC(CCc2nc3cnccc3o2)CC1. The number of amides is 1. The van der Waals surface area contributed by atoms with E-state index in [9.17, 15) is 4.79 Å². The lowest BCUT2D eigenvalue weighted by Crippen LogP contribution is -2.41. The van der Waals surface area contributed by atoms with Crippen LogP contribution in [0, 0.1) is 5.92 Å². The summed E-state index contributed by atoms with van der Waals surface area (Å²) >= 11 is 0. The second-order valence-electron chi connectivity index (χ2n) is 7.40. The molecule has 0 N–H and O–H groups in total. The minimum atomic E-state index is -0.435. The van der Waals surface area contributed by atoms with Gasteiger partial charge in [-0.25, -0.2) is 9.78 Å². The molecular weight excluding hydrogens is 306 g/mol. The second kappa shape index (κ2) is 6.79. The van der Waals surface area contributed by atoms with E-state index in [4.69, 9.17) is 9.15 Å². The van der Waals surface area contributed by atoms with E-state index in [1.165, 1.54) is 0 Å². The van der Waals surface area contributed by atoms with E-state index in [1.807, 2.05) is 31.7 Å². The first-order valence-electron chi connectivity index (χ1n) is 8.58. The minimum absolute atomic E-state index is 0.201. The number of nitrogens with zero attached hydrogens (tertiary/aromatic N) is 3. The van der Waals surface area contributed by atoms with E-state index in [-0.39, 0.29) is 6.09 Å². The minimum Gasteiger partial charge on any atom is -0.444 e. The number of oxazole rings is 1. The largest absolute Gasteiger partial charge is 0.444 e. The van der Waals surface area contributed by atoms with Crippen molar-refractivity contribution < 1.29 is 13.9 Å². The van der Waals surface area contributed by atoms with Gasteiger partial charge in [0, 0.05) is 31.8 Å². The standard InChI is InChI=1S/C18H25N3O3/c1-18(2,3)24-17(22)21-10-7-13(8-11-21)4-5-16-20-14-12-19-9-6-15(14)23-16/h6,9,12-13H,4-5,7-8,10-11H2,1-3H3. The highest BCUT2D eigenvalue weighted by molar-refractivity contribution is 5.70. The zero-order valence-corrected chi connectivity index (χ0v) is 14.6. The molecule has 0 spiro atoms. The number of aryl methyl sites for hydroxylation is 1.